The Balaban J connectivity index is 1.84. The zero-order valence-corrected chi connectivity index (χ0v) is 14.2. The van der Waals surface area contributed by atoms with E-state index in [1.165, 1.54) is 0 Å². The zero-order valence-electron chi connectivity index (χ0n) is 11.8. The van der Waals surface area contributed by atoms with E-state index >= 15 is 0 Å². The third kappa shape index (κ3) is 2.91. The average molecular weight is 374 g/mol. The number of halogens is 1. The first-order valence-corrected chi connectivity index (χ1v) is 9.63. The summed E-state index contributed by atoms with van der Waals surface area (Å²) in [6.07, 6.45) is 4.40. The third-order valence-electron chi connectivity index (χ3n) is 4.82. The van der Waals surface area contributed by atoms with Crippen LogP contribution in [0.1, 0.15) is 32.1 Å². The Hall–Kier alpha value is -0.430. The van der Waals surface area contributed by atoms with E-state index in [2.05, 4.69) is 15.9 Å². The summed E-state index contributed by atoms with van der Waals surface area (Å²) in [5.41, 5.74) is -0.651. The van der Waals surface area contributed by atoms with Crippen LogP contribution in [0.5, 0.6) is 0 Å². The number of aliphatic hydroxyl groups is 1. The summed E-state index contributed by atoms with van der Waals surface area (Å²) in [6.45, 7) is 0.840. The SMILES string of the molecule is O=S(=O)(c1cccc(Br)c1)N1CCC2(O)CCCCC2C1. The fraction of sp³-hybridized carbons (Fsp3) is 0.600. The maximum Gasteiger partial charge on any atom is 0.243 e. The number of benzene rings is 1. The van der Waals surface area contributed by atoms with Crippen molar-refractivity contribution in [3.05, 3.63) is 28.7 Å². The van der Waals surface area contributed by atoms with Crippen LogP contribution in [0.3, 0.4) is 0 Å². The minimum absolute atomic E-state index is 0.0712. The number of nitrogens with zero attached hydrogens (tertiary/aromatic N) is 1. The van der Waals surface area contributed by atoms with Crippen LogP contribution in [0.25, 0.3) is 0 Å². The summed E-state index contributed by atoms with van der Waals surface area (Å²) in [7, 11) is -3.47. The van der Waals surface area contributed by atoms with Gasteiger partial charge in [-0.2, -0.15) is 4.31 Å². The molecule has 1 aromatic rings. The zero-order chi connectivity index (χ0) is 15.1. The lowest BCUT2D eigenvalue weighted by atomic mass is 9.72. The largest absolute Gasteiger partial charge is 0.390 e. The Bertz CT molecular complexity index is 634. The third-order valence-corrected chi connectivity index (χ3v) is 7.18. The summed E-state index contributed by atoms with van der Waals surface area (Å²) < 4.78 is 27.8. The standard InChI is InChI=1S/C15H20BrNO3S/c16-13-5-3-6-14(10-13)21(19,20)17-9-8-15(18)7-2-1-4-12(15)11-17/h3,5-6,10,12,18H,1-2,4,7-9,11H2. The van der Waals surface area contributed by atoms with Crippen molar-refractivity contribution in [2.75, 3.05) is 13.1 Å². The van der Waals surface area contributed by atoms with Gasteiger partial charge >= 0.3 is 0 Å². The highest BCUT2D eigenvalue weighted by molar-refractivity contribution is 9.10. The van der Waals surface area contributed by atoms with Crippen LogP contribution >= 0.6 is 15.9 Å². The van der Waals surface area contributed by atoms with Crippen LogP contribution in [-0.4, -0.2) is 36.5 Å². The molecule has 2 unspecified atom stereocenters. The molecular weight excluding hydrogens is 354 g/mol. The van der Waals surface area contributed by atoms with Gasteiger partial charge < -0.3 is 5.11 Å². The quantitative estimate of drug-likeness (QED) is 0.866. The fourth-order valence-electron chi connectivity index (χ4n) is 3.54. The lowest BCUT2D eigenvalue weighted by Gasteiger charge is -2.46. The molecule has 21 heavy (non-hydrogen) atoms. The predicted octanol–water partition coefficient (Wildman–Crippen LogP) is 2.76. The summed E-state index contributed by atoms with van der Waals surface area (Å²) in [4.78, 5) is 0.318. The van der Waals surface area contributed by atoms with Crippen LogP contribution < -0.4 is 0 Å². The van der Waals surface area contributed by atoms with Gasteiger partial charge in [-0.3, -0.25) is 0 Å². The van der Waals surface area contributed by atoms with Crippen molar-refractivity contribution in [1.82, 2.24) is 4.31 Å². The monoisotopic (exact) mass is 373 g/mol. The van der Waals surface area contributed by atoms with Gasteiger partial charge in [0.1, 0.15) is 0 Å². The number of sulfonamides is 1. The molecule has 1 N–H and O–H groups in total. The molecule has 1 aliphatic heterocycles. The number of hydrogen-bond acceptors (Lipinski definition) is 3. The van der Waals surface area contributed by atoms with E-state index in [0.29, 0.717) is 24.4 Å². The van der Waals surface area contributed by atoms with Gasteiger partial charge in [0.15, 0.2) is 0 Å². The molecular formula is C15H20BrNO3S. The van der Waals surface area contributed by atoms with E-state index in [9.17, 15) is 13.5 Å². The normalized spacial score (nSPS) is 30.9. The van der Waals surface area contributed by atoms with Crippen LogP contribution in [-0.2, 0) is 10.0 Å². The van der Waals surface area contributed by atoms with E-state index in [0.717, 1.165) is 30.2 Å². The molecule has 0 bridgehead atoms. The van der Waals surface area contributed by atoms with Gasteiger partial charge in [-0.1, -0.05) is 34.8 Å². The topological polar surface area (TPSA) is 57.6 Å². The van der Waals surface area contributed by atoms with Crippen LogP contribution in [0.4, 0.5) is 0 Å². The highest BCUT2D eigenvalue weighted by Crippen LogP contribution is 2.41. The molecule has 0 spiro atoms. The van der Waals surface area contributed by atoms with E-state index in [1.54, 1.807) is 22.5 Å². The van der Waals surface area contributed by atoms with E-state index in [1.807, 2.05) is 6.07 Å². The van der Waals surface area contributed by atoms with Gasteiger partial charge in [-0.05, 0) is 37.5 Å². The molecule has 0 amide bonds. The molecule has 1 saturated heterocycles. The fourth-order valence-corrected chi connectivity index (χ4v) is 5.62. The van der Waals surface area contributed by atoms with Crippen molar-refractivity contribution in [3.8, 4) is 0 Å². The lowest BCUT2D eigenvalue weighted by Crippen LogP contribution is -2.54. The summed E-state index contributed by atoms with van der Waals surface area (Å²) in [5.74, 6) is 0.0712. The maximum atomic E-state index is 12.7. The van der Waals surface area contributed by atoms with Gasteiger partial charge in [0.25, 0.3) is 0 Å². The number of rotatable bonds is 2. The van der Waals surface area contributed by atoms with Crippen molar-refractivity contribution in [2.45, 2.75) is 42.6 Å². The van der Waals surface area contributed by atoms with Gasteiger partial charge in [-0.15, -0.1) is 0 Å². The highest BCUT2D eigenvalue weighted by atomic mass is 79.9. The Labute approximate surface area is 134 Å². The van der Waals surface area contributed by atoms with Crippen LogP contribution in [0.2, 0.25) is 0 Å². The molecule has 4 nitrogen and oxygen atoms in total. The molecule has 6 heteroatoms. The molecule has 2 aliphatic rings. The van der Waals surface area contributed by atoms with Crippen molar-refractivity contribution < 1.29 is 13.5 Å². The maximum absolute atomic E-state index is 12.7. The Morgan fingerprint density at radius 1 is 1.29 bits per heavy atom. The second-order valence-corrected chi connectivity index (χ2v) is 8.97. The Morgan fingerprint density at radius 2 is 2.10 bits per heavy atom. The number of piperidine rings is 1. The molecule has 2 atom stereocenters. The van der Waals surface area contributed by atoms with E-state index < -0.39 is 15.6 Å². The minimum atomic E-state index is -3.47. The van der Waals surface area contributed by atoms with Crippen molar-refractivity contribution in [1.29, 1.82) is 0 Å². The van der Waals surface area contributed by atoms with Crippen molar-refractivity contribution >= 4 is 26.0 Å². The lowest BCUT2D eigenvalue weighted by molar-refractivity contribution is -0.0816. The molecule has 2 fully saturated rings. The van der Waals surface area contributed by atoms with Crippen LogP contribution in [0.15, 0.2) is 33.6 Å². The molecule has 0 radical (unpaired) electrons. The molecule has 1 aliphatic carbocycles. The molecule has 1 heterocycles. The van der Waals surface area contributed by atoms with Crippen LogP contribution in [0, 0.1) is 5.92 Å². The van der Waals surface area contributed by atoms with Crippen molar-refractivity contribution in [2.24, 2.45) is 5.92 Å². The smallest absolute Gasteiger partial charge is 0.243 e. The number of fused-ring (bicyclic) bond motifs is 1. The molecule has 1 saturated carbocycles. The van der Waals surface area contributed by atoms with Gasteiger partial charge in [0.05, 0.1) is 10.5 Å². The highest BCUT2D eigenvalue weighted by Gasteiger charge is 2.45. The summed E-state index contributed by atoms with van der Waals surface area (Å²) in [5, 5.41) is 10.7. The van der Waals surface area contributed by atoms with Gasteiger partial charge in [0, 0.05) is 23.5 Å². The molecule has 3 rings (SSSR count). The first-order chi connectivity index (χ1) is 9.92. The van der Waals surface area contributed by atoms with E-state index in [4.69, 9.17) is 0 Å². The van der Waals surface area contributed by atoms with Gasteiger partial charge in [-0.25, -0.2) is 8.42 Å². The second-order valence-electron chi connectivity index (χ2n) is 6.12. The van der Waals surface area contributed by atoms with E-state index in [-0.39, 0.29) is 5.92 Å². The van der Waals surface area contributed by atoms with Gasteiger partial charge in [0.2, 0.25) is 10.0 Å². The first-order valence-electron chi connectivity index (χ1n) is 7.40. The number of hydrogen-bond donors (Lipinski definition) is 1. The minimum Gasteiger partial charge on any atom is -0.390 e. The Morgan fingerprint density at radius 3 is 2.86 bits per heavy atom. The summed E-state index contributed by atoms with van der Waals surface area (Å²) in [6, 6.07) is 6.81. The first kappa shape index (κ1) is 15.5. The van der Waals surface area contributed by atoms with Crippen molar-refractivity contribution in [3.63, 3.8) is 0 Å². The molecule has 1 aromatic carbocycles. The average Bonchev–Trinajstić information content (AvgIpc) is 2.46. The molecule has 0 aromatic heterocycles. The molecule has 116 valence electrons. The summed E-state index contributed by atoms with van der Waals surface area (Å²) >= 11 is 3.32. The Kier molecular flexibility index (Phi) is 4.16. The second kappa shape index (κ2) is 5.65. The predicted molar refractivity (Wildman–Crippen MR) is 84.4 cm³/mol.